The number of halogens is 5. The van der Waals surface area contributed by atoms with Crippen molar-refractivity contribution in [3.63, 3.8) is 0 Å². The van der Waals surface area contributed by atoms with Crippen molar-refractivity contribution in [1.29, 1.82) is 0 Å². The van der Waals surface area contributed by atoms with Crippen molar-refractivity contribution in [2.75, 3.05) is 51.4 Å². The third-order valence-corrected chi connectivity index (χ3v) is 8.70. The van der Waals surface area contributed by atoms with E-state index in [0.717, 1.165) is 23.8 Å². The molecule has 1 saturated carbocycles. The first-order valence-corrected chi connectivity index (χ1v) is 14.7. The van der Waals surface area contributed by atoms with E-state index in [9.17, 15) is 18.3 Å². The minimum absolute atomic E-state index is 0.0275. The lowest BCUT2D eigenvalue weighted by atomic mass is 9.87. The number of likely N-dealkylation sites (tertiary alicyclic amines) is 1. The van der Waals surface area contributed by atoms with Gasteiger partial charge in [0.2, 0.25) is 0 Å². The van der Waals surface area contributed by atoms with Gasteiger partial charge < -0.3 is 20.1 Å². The van der Waals surface area contributed by atoms with Gasteiger partial charge in [-0.2, -0.15) is 0 Å². The van der Waals surface area contributed by atoms with Crippen LogP contribution in [0.15, 0.2) is 30.3 Å². The highest BCUT2D eigenvalue weighted by Crippen LogP contribution is 2.44. The molecule has 0 unspecified atom stereocenters. The van der Waals surface area contributed by atoms with E-state index in [2.05, 4.69) is 15.2 Å². The van der Waals surface area contributed by atoms with Crippen LogP contribution >= 0.6 is 0 Å². The van der Waals surface area contributed by atoms with E-state index < -0.39 is 42.8 Å². The summed E-state index contributed by atoms with van der Waals surface area (Å²) in [7, 11) is 0. The molecule has 2 atom stereocenters. The van der Waals surface area contributed by atoms with E-state index in [1.807, 2.05) is 18.2 Å². The predicted molar refractivity (Wildman–Crippen MR) is 151 cm³/mol. The number of hydrogen-bond acceptors (Lipinski definition) is 5. The van der Waals surface area contributed by atoms with Gasteiger partial charge in [-0.3, -0.25) is 14.2 Å². The average molecular weight is 593 g/mol. The summed E-state index contributed by atoms with van der Waals surface area (Å²) >= 11 is 0. The topological polar surface area (TPSA) is 63.8 Å². The number of alkyl halides is 3. The molecule has 6 nitrogen and oxygen atoms in total. The Morgan fingerprint density at radius 2 is 1.86 bits per heavy atom. The van der Waals surface area contributed by atoms with Crippen molar-refractivity contribution < 1.29 is 31.8 Å². The number of aliphatic hydroxyl groups is 1. The van der Waals surface area contributed by atoms with E-state index in [4.69, 9.17) is 4.74 Å². The van der Waals surface area contributed by atoms with E-state index in [1.54, 1.807) is 6.92 Å². The summed E-state index contributed by atoms with van der Waals surface area (Å²) in [4.78, 5) is 6.73. The summed E-state index contributed by atoms with van der Waals surface area (Å²) in [6, 6.07) is 6.34. The van der Waals surface area contributed by atoms with Gasteiger partial charge in [-0.25, -0.2) is 17.6 Å². The summed E-state index contributed by atoms with van der Waals surface area (Å²) < 4.78 is 79.4. The fourth-order valence-electron chi connectivity index (χ4n) is 6.30. The lowest BCUT2D eigenvalue weighted by molar-refractivity contribution is -0.0869. The van der Waals surface area contributed by atoms with Crippen molar-refractivity contribution in [3.05, 3.63) is 58.8 Å². The number of ether oxygens (including phenoxy) is 1. The number of benzene rings is 2. The molecule has 6 rings (SSSR count). The van der Waals surface area contributed by atoms with E-state index in [0.29, 0.717) is 62.0 Å². The third-order valence-electron chi connectivity index (χ3n) is 8.70. The van der Waals surface area contributed by atoms with Crippen LogP contribution in [0.1, 0.15) is 49.0 Å². The lowest BCUT2D eigenvalue weighted by Gasteiger charge is -2.42. The molecule has 11 heteroatoms. The quantitative estimate of drug-likeness (QED) is 0.237. The minimum Gasteiger partial charge on any atom is -0.493 e. The first-order chi connectivity index (χ1) is 20.2. The largest absolute Gasteiger partial charge is 0.493 e. The van der Waals surface area contributed by atoms with Gasteiger partial charge in [-0.05, 0) is 68.4 Å². The fraction of sp³-hybridized carbons (Fsp3) is 0.548. The standard InChI is InChI=1S/C31H37F5N4O2/c1-18-9-24-23-6-5-22(42-15-19-3-4-19)12-27(23)38-29(24)30(40(18)16-31(35,36)17-41)28-25(33)10-20(11-26(28)34)37-21-13-39(14-21)8-2-7-32/h5-6,10-12,18-19,21,30,37-38,41H,2-4,7-9,13-17H2,1H3/t18-,30-/m1/s1. The fourth-order valence-corrected chi connectivity index (χ4v) is 6.30. The molecule has 1 aliphatic carbocycles. The molecule has 2 aliphatic heterocycles. The molecule has 3 aliphatic rings. The molecular formula is C31H37F5N4O2. The molecule has 0 amide bonds. The highest BCUT2D eigenvalue weighted by atomic mass is 19.3. The SMILES string of the molecule is C[C@@H]1Cc2c([nH]c3cc(OCC4CC4)ccc23)[C@@H](c2c(F)cc(NC3CN(CCCF)C3)cc2F)N1CC(F)(F)CO. The Bertz CT molecular complexity index is 1400. The number of hydrogen-bond donors (Lipinski definition) is 3. The number of aromatic nitrogens is 1. The van der Waals surface area contributed by atoms with Gasteiger partial charge in [-0.15, -0.1) is 0 Å². The average Bonchev–Trinajstić information content (AvgIpc) is 3.69. The summed E-state index contributed by atoms with van der Waals surface area (Å²) in [6.07, 6.45) is 3.13. The molecule has 42 heavy (non-hydrogen) atoms. The number of aromatic amines is 1. The van der Waals surface area contributed by atoms with Crippen molar-refractivity contribution in [2.45, 2.75) is 56.7 Å². The zero-order valence-corrected chi connectivity index (χ0v) is 23.6. The number of anilines is 1. The van der Waals surface area contributed by atoms with E-state index >= 15 is 8.78 Å². The van der Waals surface area contributed by atoms with E-state index in [-0.39, 0.29) is 24.0 Å². The molecular weight excluding hydrogens is 555 g/mol. The normalized spacial score (nSPS) is 21.9. The number of fused-ring (bicyclic) bond motifs is 3. The molecule has 1 saturated heterocycles. The minimum atomic E-state index is -3.47. The van der Waals surface area contributed by atoms with Gasteiger partial charge in [0.05, 0.1) is 31.9 Å². The summed E-state index contributed by atoms with van der Waals surface area (Å²) in [5, 5.41) is 13.3. The molecule has 228 valence electrons. The number of nitrogens with one attached hydrogen (secondary N) is 2. The van der Waals surface area contributed by atoms with Crippen LogP contribution in [0.5, 0.6) is 5.75 Å². The first kappa shape index (κ1) is 29.2. The van der Waals surface area contributed by atoms with Crippen LogP contribution in [0.2, 0.25) is 0 Å². The van der Waals surface area contributed by atoms with Gasteiger partial charge in [0.15, 0.2) is 0 Å². The highest BCUT2D eigenvalue weighted by Gasteiger charge is 2.43. The Kier molecular flexibility index (Phi) is 8.10. The van der Waals surface area contributed by atoms with Gasteiger partial charge >= 0.3 is 0 Å². The molecule has 1 aromatic heterocycles. The second-order valence-corrected chi connectivity index (χ2v) is 12.1. The molecule has 0 radical (unpaired) electrons. The maximum atomic E-state index is 15.9. The molecule has 0 bridgehead atoms. The van der Waals surface area contributed by atoms with E-state index in [1.165, 1.54) is 17.0 Å². The summed E-state index contributed by atoms with van der Waals surface area (Å²) in [6.45, 7) is 1.67. The Balaban J connectivity index is 1.34. The second kappa shape index (κ2) is 11.7. The van der Waals surface area contributed by atoms with Crippen LogP contribution in [0.4, 0.5) is 27.6 Å². The maximum absolute atomic E-state index is 15.9. The smallest absolute Gasteiger partial charge is 0.283 e. The van der Waals surface area contributed by atoms with Crippen LogP contribution < -0.4 is 10.1 Å². The zero-order valence-electron chi connectivity index (χ0n) is 23.6. The number of nitrogens with zero attached hydrogens (tertiary/aromatic N) is 2. The number of rotatable bonds is 12. The van der Waals surface area contributed by atoms with Crippen LogP contribution in [0.3, 0.4) is 0 Å². The Morgan fingerprint density at radius 1 is 1.12 bits per heavy atom. The Labute approximate surface area is 241 Å². The first-order valence-electron chi connectivity index (χ1n) is 14.7. The molecule has 2 aromatic carbocycles. The van der Waals surface area contributed by atoms with Gasteiger partial charge in [0.25, 0.3) is 5.92 Å². The third kappa shape index (κ3) is 5.96. The molecule has 3 aromatic rings. The summed E-state index contributed by atoms with van der Waals surface area (Å²) in [5.41, 5.74) is 1.93. The van der Waals surface area contributed by atoms with Crippen molar-refractivity contribution in [2.24, 2.45) is 5.92 Å². The van der Waals surface area contributed by atoms with Crippen LogP contribution in [-0.4, -0.2) is 84.0 Å². The van der Waals surface area contributed by atoms with Gasteiger partial charge in [-0.1, -0.05) is 0 Å². The Hall–Kier alpha value is -2.89. The van der Waals surface area contributed by atoms with Crippen LogP contribution in [0.25, 0.3) is 10.9 Å². The van der Waals surface area contributed by atoms with Gasteiger partial charge in [0, 0.05) is 59.6 Å². The number of aliphatic hydroxyl groups excluding tert-OH is 1. The Morgan fingerprint density at radius 3 is 2.52 bits per heavy atom. The van der Waals surface area contributed by atoms with Crippen molar-refractivity contribution in [3.8, 4) is 5.75 Å². The van der Waals surface area contributed by atoms with Crippen LogP contribution in [-0.2, 0) is 6.42 Å². The van der Waals surface area contributed by atoms with Crippen LogP contribution in [0, 0.1) is 17.6 Å². The molecule has 2 fully saturated rings. The molecule has 3 N–H and O–H groups in total. The highest BCUT2D eigenvalue weighted by molar-refractivity contribution is 5.86. The van der Waals surface area contributed by atoms with Gasteiger partial charge in [0.1, 0.15) is 24.0 Å². The monoisotopic (exact) mass is 592 g/mol. The van der Waals surface area contributed by atoms with Crippen molar-refractivity contribution >= 4 is 16.6 Å². The zero-order chi connectivity index (χ0) is 29.6. The second-order valence-electron chi connectivity index (χ2n) is 12.1. The predicted octanol–water partition coefficient (Wildman–Crippen LogP) is 5.65. The summed E-state index contributed by atoms with van der Waals surface area (Å²) in [5.74, 6) is -3.92. The molecule has 3 heterocycles. The molecule has 0 spiro atoms. The van der Waals surface area contributed by atoms with Crippen molar-refractivity contribution in [1.82, 2.24) is 14.8 Å². The number of H-pyrrole nitrogens is 1. The lowest BCUT2D eigenvalue weighted by Crippen LogP contribution is -2.54. The maximum Gasteiger partial charge on any atom is 0.283 e.